The maximum Gasteiger partial charge on any atom is 0.315 e. The number of hydrogen-bond acceptors (Lipinski definition) is 2. The third-order valence-electron chi connectivity index (χ3n) is 3.38. The predicted octanol–water partition coefficient (Wildman–Crippen LogP) is 1.29. The summed E-state index contributed by atoms with van der Waals surface area (Å²) in [5.74, 6) is 0.465. The van der Waals surface area contributed by atoms with Crippen LogP contribution in [0.4, 0.5) is 4.79 Å². The summed E-state index contributed by atoms with van der Waals surface area (Å²) in [5.41, 5.74) is 5.62. The van der Waals surface area contributed by atoms with Crippen LogP contribution in [0.3, 0.4) is 0 Å². The van der Waals surface area contributed by atoms with Crippen LogP contribution in [-0.2, 0) is 0 Å². The van der Waals surface area contributed by atoms with Gasteiger partial charge in [0, 0.05) is 6.04 Å². The van der Waals surface area contributed by atoms with E-state index in [4.69, 9.17) is 18.0 Å². The summed E-state index contributed by atoms with van der Waals surface area (Å²) in [6.07, 6.45) is 6.85. The molecule has 0 saturated heterocycles. The van der Waals surface area contributed by atoms with Gasteiger partial charge in [-0.3, -0.25) is 0 Å². The van der Waals surface area contributed by atoms with Gasteiger partial charge in [0.25, 0.3) is 0 Å². The van der Waals surface area contributed by atoms with Crippen molar-refractivity contribution < 1.29 is 4.79 Å². The molecule has 0 aromatic carbocycles. The van der Waals surface area contributed by atoms with Crippen molar-refractivity contribution in [3.8, 4) is 0 Å². The van der Waals surface area contributed by atoms with Gasteiger partial charge in [-0.25, -0.2) is 4.79 Å². The molecule has 1 atom stereocenters. The molecule has 4 N–H and O–H groups in total. The highest BCUT2D eigenvalue weighted by Crippen LogP contribution is 2.32. The van der Waals surface area contributed by atoms with Crippen LogP contribution in [0, 0.1) is 5.92 Å². The lowest BCUT2D eigenvalue weighted by atomic mass is 10.2. The number of urea groups is 1. The fourth-order valence-corrected chi connectivity index (χ4v) is 2.54. The zero-order valence-corrected chi connectivity index (χ0v) is 10.2. The first-order chi connectivity index (χ1) is 7.66. The molecule has 4 nitrogen and oxygen atoms in total. The lowest BCUT2D eigenvalue weighted by Crippen LogP contribution is -2.50. The first-order valence-electron chi connectivity index (χ1n) is 6.03. The molecule has 0 heterocycles. The van der Waals surface area contributed by atoms with E-state index >= 15 is 0 Å². The maximum absolute atomic E-state index is 11.7. The second kappa shape index (κ2) is 4.99. The van der Waals surface area contributed by atoms with E-state index in [2.05, 4.69) is 10.6 Å². The molecule has 0 bridgehead atoms. The van der Waals surface area contributed by atoms with E-state index in [0.717, 1.165) is 25.7 Å². The Kier molecular flexibility index (Phi) is 3.63. The molecule has 2 rings (SSSR count). The van der Waals surface area contributed by atoms with Crippen LogP contribution >= 0.6 is 12.2 Å². The van der Waals surface area contributed by atoms with Crippen molar-refractivity contribution in [1.82, 2.24) is 10.6 Å². The van der Waals surface area contributed by atoms with Gasteiger partial charge in [-0.05, 0) is 31.6 Å². The Labute approximate surface area is 101 Å². The second-order valence-corrected chi connectivity index (χ2v) is 5.29. The number of nitrogens with two attached hydrogens (primary N) is 1. The van der Waals surface area contributed by atoms with Gasteiger partial charge in [0.2, 0.25) is 0 Å². The third-order valence-corrected chi connectivity index (χ3v) is 3.63. The second-order valence-electron chi connectivity index (χ2n) is 4.82. The number of rotatable bonds is 4. The van der Waals surface area contributed by atoms with Crippen LogP contribution < -0.4 is 16.4 Å². The molecule has 2 aliphatic carbocycles. The summed E-state index contributed by atoms with van der Waals surface area (Å²) in [6.45, 7) is 0. The normalized spacial score (nSPS) is 22.8. The molecule has 1 unspecified atom stereocenters. The zero-order valence-electron chi connectivity index (χ0n) is 9.37. The number of carbonyl (C=O) groups is 1. The Morgan fingerprint density at radius 2 is 1.88 bits per heavy atom. The molecule has 2 amide bonds. The molecule has 2 fully saturated rings. The van der Waals surface area contributed by atoms with Crippen LogP contribution in [-0.4, -0.2) is 23.1 Å². The van der Waals surface area contributed by atoms with Crippen molar-refractivity contribution in [2.75, 3.05) is 0 Å². The quantitative estimate of drug-likeness (QED) is 0.650. The SMILES string of the molecule is NC(=S)C(NC(=O)NC1CCCC1)C1CC1. The van der Waals surface area contributed by atoms with E-state index < -0.39 is 0 Å². The average Bonchev–Trinajstić information content (AvgIpc) is 2.94. The molecule has 0 aliphatic heterocycles. The first kappa shape index (κ1) is 11.6. The smallest absolute Gasteiger partial charge is 0.315 e. The van der Waals surface area contributed by atoms with Crippen LogP contribution in [0.25, 0.3) is 0 Å². The molecule has 16 heavy (non-hydrogen) atoms. The molecule has 2 saturated carbocycles. The Morgan fingerprint density at radius 1 is 1.25 bits per heavy atom. The summed E-state index contributed by atoms with van der Waals surface area (Å²) in [4.78, 5) is 12.1. The van der Waals surface area contributed by atoms with Gasteiger partial charge < -0.3 is 16.4 Å². The number of thiocarbonyl (C=S) groups is 1. The first-order valence-corrected chi connectivity index (χ1v) is 6.44. The van der Waals surface area contributed by atoms with Crippen LogP contribution in [0.1, 0.15) is 38.5 Å². The van der Waals surface area contributed by atoms with Gasteiger partial charge >= 0.3 is 6.03 Å². The number of amides is 2. The number of hydrogen-bond donors (Lipinski definition) is 3. The minimum absolute atomic E-state index is 0.114. The minimum Gasteiger partial charge on any atom is -0.392 e. The standard InChI is InChI=1S/C11H19N3OS/c12-10(16)9(7-5-6-7)14-11(15)13-8-3-1-2-4-8/h7-9H,1-6H2,(H2,12,16)(H2,13,14,15). The van der Waals surface area contributed by atoms with Crippen molar-refractivity contribution in [3.05, 3.63) is 0 Å². The summed E-state index contributed by atoms with van der Waals surface area (Å²) in [7, 11) is 0. The summed E-state index contributed by atoms with van der Waals surface area (Å²) in [6, 6.07) is 0.110. The maximum atomic E-state index is 11.7. The number of nitrogens with one attached hydrogen (secondary N) is 2. The molecule has 5 heteroatoms. The van der Waals surface area contributed by atoms with E-state index in [-0.39, 0.29) is 12.1 Å². The van der Waals surface area contributed by atoms with E-state index in [1.54, 1.807) is 0 Å². The highest BCUT2D eigenvalue weighted by Gasteiger charge is 2.34. The highest BCUT2D eigenvalue weighted by atomic mass is 32.1. The molecule has 0 spiro atoms. The topological polar surface area (TPSA) is 67.1 Å². The van der Waals surface area contributed by atoms with Crippen molar-refractivity contribution in [3.63, 3.8) is 0 Å². The van der Waals surface area contributed by atoms with Gasteiger partial charge in [-0.1, -0.05) is 25.1 Å². The van der Waals surface area contributed by atoms with Crippen LogP contribution in [0.2, 0.25) is 0 Å². The predicted molar refractivity (Wildman–Crippen MR) is 67.2 cm³/mol. The highest BCUT2D eigenvalue weighted by molar-refractivity contribution is 7.80. The molecule has 90 valence electrons. The average molecular weight is 241 g/mol. The van der Waals surface area contributed by atoms with E-state index in [1.807, 2.05) is 0 Å². The molecule has 0 radical (unpaired) electrons. The fraction of sp³-hybridized carbons (Fsp3) is 0.818. The molecular weight excluding hydrogens is 222 g/mol. The van der Waals surface area contributed by atoms with Crippen molar-refractivity contribution >= 4 is 23.2 Å². The Morgan fingerprint density at radius 3 is 2.38 bits per heavy atom. The molecule has 2 aliphatic rings. The van der Waals surface area contributed by atoms with E-state index in [1.165, 1.54) is 12.8 Å². The lowest BCUT2D eigenvalue weighted by molar-refractivity contribution is 0.235. The van der Waals surface area contributed by atoms with Gasteiger partial charge in [0.05, 0.1) is 11.0 Å². The Hall–Kier alpha value is -0.840. The van der Waals surface area contributed by atoms with Gasteiger partial charge in [-0.2, -0.15) is 0 Å². The van der Waals surface area contributed by atoms with E-state index in [9.17, 15) is 4.79 Å². The summed E-state index contributed by atoms with van der Waals surface area (Å²) >= 11 is 4.97. The summed E-state index contributed by atoms with van der Waals surface area (Å²) in [5, 5.41) is 5.87. The zero-order chi connectivity index (χ0) is 11.5. The van der Waals surface area contributed by atoms with E-state index in [0.29, 0.717) is 16.9 Å². The van der Waals surface area contributed by atoms with Crippen molar-refractivity contribution in [1.29, 1.82) is 0 Å². The molecule has 0 aromatic rings. The largest absolute Gasteiger partial charge is 0.392 e. The van der Waals surface area contributed by atoms with Crippen molar-refractivity contribution in [2.24, 2.45) is 11.7 Å². The molecule has 0 aromatic heterocycles. The van der Waals surface area contributed by atoms with Gasteiger partial charge in [0.15, 0.2) is 0 Å². The lowest BCUT2D eigenvalue weighted by Gasteiger charge is -2.19. The third kappa shape index (κ3) is 3.07. The molecular formula is C11H19N3OS. The Bertz CT molecular complexity index is 285. The van der Waals surface area contributed by atoms with Crippen molar-refractivity contribution in [2.45, 2.75) is 50.6 Å². The number of carbonyl (C=O) groups excluding carboxylic acids is 1. The van der Waals surface area contributed by atoms with Gasteiger partial charge in [0.1, 0.15) is 0 Å². The Balaban J connectivity index is 1.77. The van der Waals surface area contributed by atoms with Gasteiger partial charge in [-0.15, -0.1) is 0 Å². The monoisotopic (exact) mass is 241 g/mol. The summed E-state index contributed by atoms with van der Waals surface area (Å²) < 4.78 is 0. The minimum atomic E-state index is -0.114. The van der Waals surface area contributed by atoms with Crippen LogP contribution in [0.5, 0.6) is 0 Å². The fourth-order valence-electron chi connectivity index (χ4n) is 2.29. The van der Waals surface area contributed by atoms with Crippen LogP contribution in [0.15, 0.2) is 0 Å².